The van der Waals surface area contributed by atoms with Gasteiger partial charge in [0.25, 0.3) is 11.8 Å². The van der Waals surface area contributed by atoms with Crippen molar-refractivity contribution in [3.63, 3.8) is 0 Å². The molecule has 4 atom stereocenters. The number of piperidine rings is 1. The number of likely N-dealkylation sites (tertiary alicyclic amines) is 1. The van der Waals surface area contributed by atoms with Crippen LogP contribution in [0.4, 0.5) is 0 Å². The smallest absolute Gasteiger partial charge is 0.263 e. The molecule has 2 aliphatic heterocycles. The van der Waals surface area contributed by atoms with E-state index >= 15 is 0 Å². The number of fused-ring (bicyclic) bond motifs is 2. The van der Waals surface area contributed by atoms with Gasteiger partial charge in [0.2, 0.25) is 0 Å². The number of pyridine rings is 1. The molecule has 1 unspecified atom stereocenters. The van der Waals surface area contributed by atoms with Gasteiger partial charge in [0.1, 0.15) is 4.75 Å². The van der Waals surface area contributed by atoms with Crippen molar-refractivity contribution >= 4 is 28.6 Å². The fourth-order valence-corrected chi connectivity index (χ4v) is 7.49. The fourth-order valence-electron chi connectivity index (χ4n) is 6.04. The number of carbonyl (C=O) groups excluding carboxylic acids is 2. The molecule has 2 bridgehead atoms. The summed E-state index contributed by atoms with van der Waals surface area (Å²) in [6.45, 7) is 3.50. The summed E-state index contributed by atoms with van der Waals surface area (Å²) in [5.41, 5.74) is 0.687. The molecule has 5 rings (SSSR count). The highest BCUT2D eigenvalue weighted by atomic mass is 32.2. The second kappa shape index (κ2) is 7.53. The quantitative estimate of drug-likeness (QED) is 0.745. The molecule has 0 radical (unpaired) electrons. The first-order chi connectivity index (χ1) is 14.0. The van der Waals surface area contributed by atoms with Crippen molar-refractivity contribution in [3.8, 4) is 0 Å². The second-order valence-corrected chi connectivity index (χ2v) is 11.0. The first-order valence-electron chi connectivity index (χ1n) is 11.0. The number of hydrogen-bond acceptors (Lipinski definition) is 4. The van der Waals surface area contributed by atoms with Gasteiger partial charge in [0.15, 0.2) is 0 Å². The first kappa shape index (κ1) is 19.3. The monoisotopic (exact) mass is 411 g/mol. The standard InChI is InChI=1S/C23H29N3O2S/c1-23(19-6-10-26(11-7-19)21(27)16-4-8-24-9-5-16)22(28)25-20(29-23)14-18-13-15-2-3-17(18)12-15/h4-5,8-9,15,17-19H,2-3,6-7,10-14H2,1H3/t15-,17+,18-,23?/m1/s1. The van der Waals surface area contributed by atoms with E-state index in [1.165, 1.54) is 25.7 Å². The minimum Gasteiger partial charge on any atom is -0.339 e. The molecule has 6 heteroatoms. The van der Waals surface area contributed by atoms with E-state index in [1.807, 2.05) is 4.90 Å². The van der Waals surface area contributed by atoms with Crippen LogP contribution in [0, 0.1) is 23.7 Å². The third kappa shape index (κ3) is 3.54. The van der Waals surface area contributed by atoms with Crippen LogP contribution in [-0.2, 0) is 4.79 Å². The average Bonchev–Trinajstić information content (AvgIpc) is 3.44. The number of hydrogen-bond donors (Lipinski definition) is 0. The molecule has 2 saturated carbocycles. The maximum Gasteiger partial charge on any atom is 0.263 e. The Balaban J connectivity index is 1.18. The summed E-state index contributed by atoms with van der Waals surface area (Å²) in [5.74, 6) is 2.95. The molecule has 5 nitrogen and oxygen atoms in total. The van der Waals surface area contributed by atoms with Gasteiger partial charge in [0.05, 0.1) is 5.04 Å². The van der Waals surface area contributed by atoms with Crippen LogP contribution in [0.3, 0.4) is 0 Å². The topological polar surface area (TPSA) is 62.6 Å². The molecule has 154 valence electrons. The summed E-state index contributed by atoms with van der Waals surface area (Å²) in [7, 11) is 0. The van der Waals surface area contributed by atoms with Crippen LogP contribution >= 0.6 is 11.8 Å². The Labute approximate surface area is 176 Å². The molecular formula is C23H29N3O2S. The van der Waals surface area contributed by atoms with E-state index in [0.717, 1.165) is 42.1 Å². The van der Waals surface area contributed by atoms with Crippen molar-refractivity contribution in [2.24, 2.45) is 28.7 Å². The minimum absolute atomic E-state index is 0.0552. The SMILES string of the molecule is CC1(C2CCN(C(=O)c3ccncc3)CC2)SC(C[C@H]2C[C@@H]3CC[C@H]2C3)=NC1=O. The van der Waals surface area contributed by atoms with Gasteiger partial charge in [-0.15, -0.1) is 0 Å². The molecule has 29 heavy (non-hydrogen) atoms. The van der Waals surface area contributed by atoms with Crippen molar-refractivity contribution in [3.05, 3.63) is 30.1 Å². The third-order valence-corrected chi connectivity index (χ3v) is 9.22. The normalized spacial score (nSPS) is 34.7. The van der Waals surface area contributed by atoms with E-state index < -0.39 is 4.75 Å². The van der Waals surface area contributed by atoms with Gasteiger partial charge in [-0.05, 0) is 81.3 Å². The molecule has 0 spiro atoms. The number of amides is 2. The van der Waals surface area contributed by atoms with Gasteiger partial charge in [-0.1, -0.05) is 18.2 Å². The Hall–Kier alpha value is -1.69. The Kier molecular flexibility index (Phi) is 5.01. The average molecular weight is 412 g/mol. The Morgan fingerprint density at radius 3 is 2.59 bits per heavy atom. The number of carbonyl (C=O) groups is 2. The summed E-state index contributed by atoms with van der Waals surface area (Å²) in [6.07, 6.45) is 11.6. The molecule has 3 heterocycles. The summed E-state index contributed by atoms with van der Waals surface area (Å²) in [6, 6.07) is 3.53. The molecule has 2 amide bonds. The van der Waals surface area contributed by atoms with Gasteiger partial charge in [-0.3, -0.25) is 14.6 Å². The van der Waals surface area contributed by atoms with Gasteiger partial charge < -0.3 is 4.90 Å². The van der Waals surface area contributed by atoms with Crippen LogP contribution in [0.2, 0.25) is 0 Å². The lowest BCUT2D eigenvalue weighted by molar-refractivity contribution is -0.121. The van der Waals surface area contributed by atoms with Gasteiger partial charge in [-0.2, -0.15) is 0 Å². The number of aromatic nitrogens is 1. The van der Waals surface area contributed by atoms with Crippen LogP contribution < -0.4 is 0 Å². The van der Waals surface area contributed by atoms with Crippen LogP contribution in [-0.4, -0.2) is 44.6 Å². The van der Waals surface area contributed by atoms with Crippen LogP contribution in [0.5, 0.6) is 0 Å². The highest BCUT2D eigenvalue weighted by Gasteiger charge is 2.49. The van der Waals surface area contributed by atoms with E-state index in [-0.39, 0.29) is 17.7 Å². The minimum atomic E-state index is -0.446. The lowest BCUT2D eigenvalue weighted by Gasteiger charge is -2.38. The first-order valence-corrected chi connectivity index (χ1v) is 11.8. The van der Waals surface area contributed by atoms with Gasteiger partial charge in [0, 0.05) is 31.0 Å². The summed E-state index contributed by atoms with van der Waals surface area (Å²) in [5, 5.41) is 1.07. The predicted octanol–water partition coefficient (Wildman–Crippen LogP) is 4.19. The molecule has 0 aromatic carbocycles. The van der Waals surface area contributed by atoms with Gasteiger partial charge >= 0.3 is 0 Å². The summed E-state index contributed by atoms with van der Waals surface area (Å²) < 4.78 is -0.446. The number of rotatable bonds is 4. The van der Waals surface area contributed by atoms with Crippen molar-refractivity contribution < 1.29 is 9.59 Å². The molecule has 1 aromatic heterocycles. The predicted molar refractivity (Wildman–Crippen MR) is 115 cm³/mol. The maximum absolute atomic E-state index is 12.9. The van der Waals surface area contributed by atoms with Crippen LogP contribution in [0.1, 0.15) is 62.2 Å². The van der Waals surface area contributed by atoms with Crippen molar-refractivity contribution in [2.45, 2.75) is 56.6 Å². The number of aliphatic imine (C=N–C) groups is 1. The Morgan fingerprint density at radius 2 is 1.93 bits per heavy atom. The van der Waals surface area contributed by atoms with Crippen molar-refractivity contribution in [1.82, 2.24) is 9.88 Å². The highest BCUT2D eigenvalue weighted by molar-refractivity contribution is 8.16. The zero-order valence-electron chi connectivity index (χ0n) is 17.0. The highest BCUT2D eigenvalue weighted by Crippen LogP contribution is 2.52. The molecule has 3 fully saturated rings. The van der Waals surface area contributed by atoms with E-state index in [4.69, 9.17) is 0 Å². The molecular weight excluding hydrogens is 382 g/mol. The Morgan fingerprint density at radius 1 is 1.17 bits per heavy atom. The van der Waals surface area contributed by atoms with Crippen LogP contribution in [0.15, 0.2) is 29.5 Å². The van der Waals surface area contributed by atoms with E-state index in [1.54, 1.807) is 36.3 Å². The Bertz CT molecular complexity index is 834. The molecule has 1 saturated heterocycles. The largest absolute Gasteiger partial charge is 0.339 e. The molecule has 1 aromatic rings. The van der Waals surface area contributed by atoms with E-state index in [0.29, 0.717) is 18.7 Å². The lowest BCUT2D eigenvalue weighted by Crippen LogP contribution is -2.46. The van der Waals surface area contributed by atoms with E-state index in [2.05, 4.69) is 16.9 Å². The van der Waals surface area contributed by atoms with Crippen molar-refractivity contribution in [2.75, 3.05) is 13.1 Å². The molecule has 4 aliphatic rings. The fraction of sp³-hybridized carbons (Fsp3) is 0.652. The summed E-state index contributed by atoms with van der Waals surface area (Å²) >= 11 is 1.74. The number of thioether (sulfide) groups is 1. The zero-order chi connectivity index (χ0) is 20.0. The van der Waals surface area contributed by atoms with E-state index in [9.17, 15) is 9.59 Å². The van der Waals surface area contributed by atoms with Gasteiger partial charge in [-0.25, -0.2) is 4.99 Å². The third-order valence-electron chi connectivity index (χ3n) is 7.79. The lowest BCUT2D eigenvalue weighted by atomic mass is 9.84. The van der Waals surface area contributed by atoms with Crippen molar-refractivity contribution in [1.29, 1.82) is 0 Å². The number of nitrogens with zero attached hydrogens (tertiary/aromatic N) is 3. The zero-order valence-corrected chi connectivity index (χ0v) is 17.9. The molecule has 0 N–H and O–H groups in total. The molecule has 2 aliphatic carbocycles. The van der Waals surface area contributed by atoms with Crippen LogP contribution in [0.25, 0.3) is 0 Å². The second-order valence-electron chi connectivity index (χ2n) is 9.46. The maximum atomic E-state index is 12.9. The summed E-state index contributed by atoms with van der Waals surface area (Å²) in [4.78, 5) is 36.0.